The molecule has 0 aliphatic heterocycles. The molecule has 15 heavy (non-hydrogen) atoms. The third-order valence-electron chi connectivity index (χ3n) is 2.57. The van der Waals surface area contributed by atoms with Gasteiger partial charge in [0.05, 0.1) is 5.88 Å². The minimum Gasteiger partial charge on any atom is -0.221 e. The van der Waals surface area contributed by atoms with Crippen molar-refractivity contribution < 1.29 is 0 Å². The van der Waals surface area contributed by atoms with Gasteiger partial charge in [0.25, 0.3) is 0 Å². The minimum absolute atomic E-state index is 0. The van der Waals surface area contributed by atoms with Gasteiger partial charge in [-0.1, -0.05) is 0 Å². The summed E-state index contributed by atoms with van der Waals surface area (Å²) in [5.41, 5.74) is 2.29. The second-order valence-electron chi connectivity index (χ2n) is 3.70. The summed E-state index contributed by atoms with van der Waals surface area (Å²) >= 11 is 5.67. The van der Waals surface area contributed by atoms with Gasteiger partial charge in [-0.25, -0.2) is 9.50 Å². The van der Waals surface area contributed by atoms with Crippen LogP contribution in [0.15, 0.2) is 18.3 Å². The molecule has 80 valence electrons. The van der Waals surface area contributed by atoms with Crippen molar-refractivity contribution in [3.05, 3.63) is 29.7 Å². The Bertz CT molecular complexity index is 476. The number of aromatic nitrogens is 3. The highest BCUT2D eigenvalue weighted by atomic mass is 35.5. The summed E-state index contributed by atoms with van der Waals surface area (Å²) in [7, 11) is 0. The number of rotatable bonds is 2. The largest absolute Gasteiger partial charge is 0.221 e. The van der Waals surface area contributed by atoms with Gasteiger partial charge < -0.3 is 0 Å². The maximum atomic E-state index is 5.67. The van der Waals surface area contributed by atoms with E-state index in [0.29, 0.717) is 11.7 Å². The second-order valence-corrected chi connectivity index (χ2v) is 3.97. The quantitative estimate of drug-likeness (QED) is 0.760. The maximum Gasteiger partial charge on any atom is 0.166 e. The zero-order valence-electron chi connectivity index (χ0n) is 8.06. The molecule has 1 aliphatic rings. The number of hydrogen-bond donors (Lipinski definition) is 0. The van der Waals surface area contributed by atoms with E-state index in [1.807, 2.05) is 6.20 Å². The monoisotopic (exact) mass is 243 g/mol. The van der Waals surface area contributed by atoms with E-state index in [9.17, 15) is 0 Å². The van der Waals surface area contributed by atoms with Gasteiger partial charge in [-0.3, -0.25) is 0 Å². The molecule has 0 radical (unpaired) electrons. The Morgan fingerprint density at radius 1 is 1.47 bits per heavy atom. The van der Waals surface area contributed by atoms with Gasteiger partial charge in [-0.2, -0.15) is 5.10 Å². The van der Waals surface area contributed by atoms with Crippen LogP contribution in [0.2, 0.25) is 0 Å². The van der Waals surface area contributed by atoms with Crippen LogP contribution in [0.4, 0.5) is 0 Å². The third kappa shape index (κ3) is 1.94. The molecular formula is C10H11Cl2N3. The van der Waals surface area contributed by atoms with Crippen LogP contribution in [-0.4, -0.2) is 14.6 Å². The van der Waals surface area contributed by atoms with Crippen LogP contribution in [0.5, 0.6) is 0 Å². The van der Waals surface area contributed by atoms with E-state index in [2.05, 4.69) is 22.2 Å². The Hall–Kier alpha value is -0.800. The summed E-state index contributed by atoms with van der Waals surface area (Å²) in [6.45, 7) is 0. The standard InChI is InChI=1S/C10H10ClN3.ClH/c11-6-9-12-10-5-8(7-1-2-7)3-4-14(10)13-9;/h3-5,7H,1-2,6H2;1H. The lowest BCUT2D eigenvalue weighted by Gasteiger charge is -1.96. The smallest absolute Gasteiger partial charge is 0.166 e. The normalized spacial score (nSPS) is 15.3. The average molecular weight is 244 g/mol. The van der Waals surface area contributed by atoms with E-state index >= 15 is 0 Å². The van der Waals surface area contributed by atoms with Crippen LogP contribution in [0.3, 0.4) is 0 Å². The molecule has 1 saturated carbocycles. The van der Waals surface area contributed by atoms with Crippen molar-refractivity contribution in [3.8, 4) is 0 Å². The highest BCUT2D eigenvalue weighted by Gasteiger charge is 2.23. The average Bonchev–Trinajstić information content (AvgIpc) is 2.97. The van der Waals surface area contributed by atoms with E-state index in [0.717, 1.165) is 11.6 Å². The molecule has 0 bridgehead atoms. The molecule has 5 heteroatoms. The van der Waals surface area contributed by atoms with Crippen LogP contribution in [-0.2, 0) is 5.88 Å². The van der Waals surface area contributed by atoms with Crippen LogP contribution >= 0.6 is 24.0 Å². The van der Waals surface area contributed by atoms with Crippen molar-refractivity contribution in [2.75, 3.05) is 0 Å². The summed E-state index contributed by atoms with van der Waals surface area (Å²) < 4.78 is 1.78. The molecule has 3 nitrogen and oxygen atoms in total. The van der Waals surface area contributed by atoms with Gasteiger partial charge in [0.15, 0.2) is 11.5 Å². The molecule has 0 N–H and O–H groups in total. The van der Waals surface area contributed by atoms with Crippen molar-refractivity contribution in [2.24, 2.45) is 0 Å². The molecule has 0 aromatic carbocycles. The van der Waals surface area contributed by atoms with Crippen molar-refractivity contribution in [1.82, 2.24) is 14.6 Å². The first-order chi connectivity index (χ1) is 6.86. The fraction of sp³-hybridized carbons (Fsp3) is 0.400. The molecule has 3 rings (SSSR count). The van der Waals surface area contributed by atoms with Gasteiger partial charge in [0.1, 0.15) is 0 Å². The number of fused-ring (bicyclic) bond motifs is 1. The molecule has 2 aromatic heterocycles. The lowest BCUT2D eigenvalue weighted by atomic mass is 10.2. The van der Waals surface area contributed by atoms with E-state index < -0.39 is 0 Å². The van der Waals surface area contributed by atoms with E-state index in [1.165, 1.54) is 18.4 Å². The summed E-state index contributed by atoms with van der Waals surface area (Å²) in [6, 6.07) is 4.23. The van der Waals surface area contributed by atoms with Crippen LogP contribution in [0.25, 0.3) is 5.65 Å². The summed E-state index contributed by atoms with van der Waals surface area (Å²) in [5.74, 6) is 1.83. The molecule has 0 unspecified atom stereocenters. The Labute approximate surface area is 98.9 Å². The zero-order valence-corrected chi connectivity index (χ0v) is 9.63. The highest BCUT2D eigenvalue weighted by Crippen LogP contribution is 2.40. The van der Waals surface area contributed by atoms with Gasteiger partial charge in [-0.15, -0.1) is 24.0 Å². The number of pyridine rings is 1. The molecule has 0 amide bonds. The van der Waals surface area contributed by atoms with Gasteiger partial charge >= 0.3 is 0 Å². The number of nitrogens with zero attached hydrogens (tertiary/aromatic N) is 3. The van der Waals surface area contributed by atoms with Crippen LogP contribution in [0.1, 0.15) is 30.1 Å². The SMILES string of the molecule is Cl.ClCc1nc2cc(C3CC3)ccn2n1. The molecule has 0 atom stereocenters. The van der Waals surface area contributed by atoms with Gasteiger partial charge in [0.2, 0.25) is 0 Å². The lowest BCUT2D eigenvalue weighted by Crippen LogP contribution is -1.88. The summed E-state index contributed by atoms with van der Waals surface area (Å²) in [5, 5.41) is 4.23. The minimum atomic E-state index is 0. The van der Waals surface area contributed by atoms with Crippen molar-refractivity contribution in [2.45, 2.75) is 24.6 Å². The van der Waals surface area contributed by atoms with Crippen molar-refractivity contribution in [3.63, 3.8) is 0 Å². The lowest BCUT2D eigenvalue weighted by molar-refractivity contribution is 0.916. The number of hydrogen-bond acceptors (Lipinski definition) is 2. The van der Waals surface area contributed by atoms with Crippen LogP contribution in [0, 0.1) is 0 Å². The molecular weight excluding hydrogens is 233 g/mol. The van der Waals surface area contributed by atoms with E-state index in [-0.39, 0.29) is 12.4 Å². The highest BCUT2D eigenvalue weighted by molar-refractivity contribution is 6.16. The summed E-state index contributed by atoms with van der Waals surface area (Å²) in [4.78, 5) is 4.32. The third-order valence-corrected chi connectivity index (χ3v) is 2.81. The first kappa shape index (κ1) is 10.7. The van der Waals surface area contributed by atoms with Crippen molar-refractivity contribution in [1.29, 1.82) is 0 Å². The molecule has 2 aromatic rings. The van der Waals surface area contributed by atoms with Gasteiger partial charge in [0, 0.05) is 6.20 Å². The molecule has 1 fully saturated rings. The van der Waals surface area contributed by atoms with Crippen LogP contribution < -0.4 is 0 Å². The number of alkyl halides is 1. The fourth-order valence-corrected chi connectivity index (χ4v) is 1.78. The predicted molar refractivity (Wildman–Crippen MR) is 61.8 cm³/mol. The molecule has 0 spiro atoms. The van der Waals surface area contributed by atoms with E-state index in [4.69, 9.17) is 11.6 Å². The fourth-order valence-electron chi connectivity index (χ4n) is 1.67. The maximum absolute atomic E-state index is 5.67. The van der Waals surface area contributed by atoms with Crippen molar-refractivity contribution >= 4 is 29.7 Å². The zero-order chi connectivity index (χ0) is 9.54. The second kappa shape index (κ2) is 3.99. The van der Waals surface area contributed by atoms with E-state index in [1.54, 1.807) is 4.52 Å². The first-order valence-corrected chi connectivity index (χ1v) is 5.31. The molecule has 2 heterocycles. The predicted octanol–water partition coefficient (Wildman–Crippen LogP) is 2.77. The first-order valence-electron chi connectivity index (χ1n) is 4.78. The Morgan fingerprint density at radius 2 is 2.27 bits per heavy atom. The van der Waals surface area contributed by atoms with Gasteiger partial charge in [-0.05, 0) is 36.5 Å². The number of halogens is 2. The summed E-state index contributed by atoms with van der Waals surface area (Å²) in [6.07, 6.45) is 4.59. The molecule has 1 aliphatic carbocycles. The Kier molecular flexibility index (Phi) is 2.85. The Balaban J connectivity index is 0.000000853. The topological polar surface area (TPSA) is 30.2 Å². The molecule has 0 saturated heterocycles. The Morgan fingerprint density at radius 3 is 2.93 bits per heavy atom.